The molecule has 1 heterocycles. The van der Waals surface area contributed by atoms with Gasteiger partial charge in [-0.3, -0.25) is 4.79 Å². The Bertz CT molecular complexity index is 402. The predicted molar refractivity (Wildman–Crippen MR) is 59.7 cm³/mol. The zero-order valence-corrected chi connectivity index (χ0v) is 8.94. The summed E-state index contributed by atoms with van der Waals surface area (Å²) in [7, 11) is 0. The molecule has 4 N–H and O–H groups in total. The van der Waals surface area contributed by atoms with Gasteiger partial charge in [-0.05, 0) is 25.0 Å². The number of rotatable bonds is 4. The first kappa shape index (κ1) is 10.9. The van der Waals surface area contributed by atoms with E-state index in [0.717, 1.165) is 12.8 Å². The lowest BCUT2D eigenvalue weighted by molar-refractivity contribution is 0.0931. The van der Waals surface area contributed by atoms with E-state index in [4.69, 9.17) is 10.8 Å². The van der Waals surface area contributed by atoms with Gasteiger partial charge in [0, 0.05) is 18.2 Å². The molecule has 0 unspecified atom stereocenters. The highest BCUT2D eigenvalue weighted by atomic mass is 16.3. The van der Waals surface area contributed by atoms with Gasteiger partial charge >= 0.3 is 0 Å². The molecule has 0 aliphatic heterocycles. The second kappa shape index (κ2) is 4.09. The summed E-state index contributed by atoms with van der Waals surface area (Å²) < 4.78 is 0. The van der Waals surface area contributed by atoms with Crippen LogP contribution in [0.15, 0.2) is 18.3 Å². The molecule has 0 aromatic carbocycles. The van der Waals surface area contributed by atoms with Crippen molar-refractivity contribution >= 4 is 11.6 Å². The molecule has 1 aromatic rings. The fourth-order valence-electron chi connectivity index (χ4n) is 1.53. The monoisotopic (exact) mass is 221 g/mol. The van der Waals surface area contributed by atoms with Crippen LogP contribution in [0.4, 0.5) is 5.69 Å². The van der Waals surface area contributed by atoms with Gasteiger partial charge < -0.3 is 16.2 Å². The second-order valence-electron chi connectivity index (χ2n) is 4.28. The van der Waals surface area contributed by atoms with Crippen molar-refractivity contribution in [1.82, 2.24) is 10.3 Å². The minimum Gasteiger partial charge on any atom is -0.397 e. The third-order valence-corrected chi connectivity index (χ3v) is 2.97. The summed E-state index contributed by atoms with van der Waals surface area (Å²) in [6, 6.07) is 3.32. The second-order valence-corrected chi connectivity index (χ2v) is 4.28. The molecule has 86 valence electrons. The van der Waals surface area contributed by atoms with E-state index >= 15 is 0 Å². The molecule has 16 heavy (non-hydrogen) atoms. The van der Waals surface area contributed by atoms with Crippen molar-refractivity contribution in [3.05, 3.63) is 24.0 Å². The molecule has 0 bridgehead atoms. The summed E-state index contributed by atoms with van der Waals surface area (Å²) >= 11 is 0. The van der Waals surface area contributed by atoms with Crippen molar-refractivity contribution in [3.8, 4) is 0 Å². The van der Waals surface area contributed by atoms with E-state index < -0.39 is 0 Å². The van der Waals surface area contributed by atoms with Gasteiger partial charge in [0.15, 0.2) is 5.69 Å². The van der Waals surface area contributed by atoms with Gasteiger partial charge in [-0.1, -0.05) is 0 Å². The Labute approximate surface area is 93.7 Å². The van der Waals surface area contributed by atoms with E-state index in [0.29, 0.717) is 12.2 Å². The summed E-state index contributed by atoms with van der Waals surface area (Å²) in [5.74, 6) is -0.280. The minimum atomic E-state index is -0.280. The third-order valence-electron chi connectivity index (χ3n) is 2.97. The Morgan fingerprint density at radius 2 is 2.38 bits per heavy atom. The van der Waals surface area contributed by atoms with Crippen LogP contribution in [0, 0.1) is 5.41 Å². The molecule has 0 spiro atoms. The Balaban J connectivity index is 1.96. The van der Waals surface area contributed by atoms with Crippen LogP contribution < -0.4 is 11.1 Å². The third kappa shape index (κ3) is 2.14. The van der Waals surface area contributed by atoms with Crippen LogP contribution in [-0.2, 0) is 0 Å². The quantitative estimate of drug-likeness (QED) is 0.676. The first-order valence-corrected chi connectivity index (χ1v) is 5.26. The van der Waals surface area contributed by atoms with Crippen LogP contribution in [-0.4, -0.2) is 29.1 Å². The average Bonchev–Trinajstić information content (AvgIpc) is 3.07. The van der Waals surface area contributed by atoms with E-state index in [1.165, 1.54) is 6.20 Å². The normalized spacial score (nSPS) is 16.8. The molecule has 1 amide bonds. The van der Waals surface area contributed by atoms with Crippen molar-refractivity contribution < 1.29 is 9.90 Å². The van der Waals surface area contributed by atoms with Gasteiger partial charge in [-0.25, -0.2) is 4.98 Å². The molecule has 5 heteroatoms. The maximum atomic E-state index is 11.7. The SMILES string of the molecule is Nc1cccnc1C(=O)NCC1(CO)CC1. The largest absolute Gasteiger partial charge is 0.397 e. The first-order valence-electron chi connectivity index (χ1n) is 5.26. The van der Waals surface area contributed by atoms with Crippen molar-refractivity contribution in [2.75, 3.05) is 18.9 Å². The Morgan fingerprint density at radius 3 is 2.94 bits per heavy atom. The van der Waals surface area contributed by atoms with E-state index in [1.807, 2.05) is 0 Å². The molecule has 0 radical (unpaired) electrons. The van der Waals surface area contributed by atoms with E-state index in [1.54, 1.807) is 12.1 Å². The molecule has 2 rings (SSSR count). The molecule has 1 aliphatic rings. The van der Waals surface area contributed by atoms with Crippen LogP contribution in [0.5, 0.6) is 0 Å². The lowest BCUT2D eigenvalue weighted by atomic mass is 10.1. The summed E-state index contributed by atoms with van der Waals surface area (Å²) in [6.45, 7) is 0.601. The van der Waals surface area contributed by atoms with Crippen molar-refractivity contribution in [2.45, 2.75) is 12.8 Å². The van der Waals surface area contributed by atoms with Crippen LogP contribution in [0.25, 0.3) is 0 Å². The molecule has 1 aliphatic carbocycles. The maximum absolute atomic E-state index is 11.7. The van der Waals surface area contributed by atoms with Crippen LogP contribution in [0.2, 0.25) is 0 Å². The standard InChI is InChI=1S/C11H15N3O2/c12-8-2-1-5-13-9(8)10(16)14-6-11(7-15)3-4-11/h1-2,5,15H,3-4,6-7,12H2,(H,14,16). The Morgan fingerprint density at radius 1 is 1.62 bits per heavy atom. The van der Waals surface area contributed by atoms with Gasteiger partial charge in [0.25, 0.3) is 5.91 Å². The predicted octanol–water partition coefficient (Wildman–Crippen LogP) is 0.166. The van der Waals surface area contributed by atoms with Crippen molar-refractivity contribution in [1.29, 1.82) is 0 Å². The average molecular weight is 221 g/mol. The lowest BCUT2D eigenvalue weighted by Crippen LogP contribution is -2.32. The number of pyridine rings is 1. The molecular formula is C11H15N3O2. The number of anilines is 1. The number of aliphatic hydroxyl groups excluding tert-OH is 1. The first-order chi connectivity index (χ1) is 7.67. The molecule has 0 atom stereocenters. The topological polar surface area (TPSA) is 88.2 Å². The zero-order chi connectivity index (χ0) is 11.6. The molecule has 1 fully saturated rings. The van der Waals surface area contributed by atoms with Crippen molar-refractivity contribution in [3.63, 3.8) is 0 Å². The number of aliphatic hydroxyl groups is 1. The summed E-state index contributed by atoms with van der Waals surface area (Å²) in [4.78, 5) is 15.6. The van der Waals surface area contributed by atoms with Gasteiger partial charge in [0.2, 0.25) is 0 Å². The number of carbonyl (C=O) groups is 1. The number of nitrogens with two attached hydrogens (primary N) is 1. The lowest BCUT2D eigenvalue weighted by Gasteiger charge is -2.12. The Kier molecular flexibility index (Phi) is 2.78. The number of nitrogens with zero attached hydrogens (tertiary/aromatic N) is 1. The van der Waals surface area contributed by atoms with Crippen LogP contribution in [0.1, 0.15) is 23.3 Å². The van der Waals surface area contributed by atoms with Gasteiger partial charge in [0.1, 0.15) is 0 Å². The number of hydrogen-bond acceptors (Lipinski definition) is 4. The number of aromatic nitrogens is 1. The number of hydrogen-bond donors (Lipinski definition) is 3. The number of nitrogen functional groups attached to an aromatic ring is 1. The number of nitrogens with one attached hydrogen (secondary N) is 1. The fourth-order valence-corrected chi connectivity index (χ4v) is 1.53. The van der Waals surface area contributed by atoms with Gasteiger partial charge in [0.05, 0.1) is 12.3 Å². The van der Waals surface area contributed by atoms with Crippen molar-refractivity contribution in [2.24, 2.45) is 5.41 Å². The minimum absolute atomic E-state index is 0.0980. The van der Waals surface area contributed by atoms with E-state index in [9.17, 15) is 4.79 Å². The number of carbonyl (C=O) groups excluding carboxylic acids is 1. The molecule has 5 nitrogen and oxygen atoms in total. The van der Waals surface area contributed by atoms with Gasteiger partial charge in [-0.2, -0.15) is 0 Å². The maximum Gasteiger partial charge on any atom is 0.272 e. The highest BCUT2D eigenvalue weighted by Gasteiger charge is 2.42. The number of amides is 1. The summed E-state index contributed by atoms with van der Waals surface area (Å²) in [5.41, 5.74) is 6.15. The molecule has 1 saturated carbocycles. The summed E-state index contributed by atoms with van der Waals surface area (Å²) in [5, 5.41) is 11.9. The van der Waals surface area contributed by atoms with E-state index in [2.05, 4.69) is 10.3 Å². The van der Waals surface area contributed by atoms with E-state index in [-0.39, 0.29) is 23.6 Å². The zero-order valence-electron chi connectivity index (χ0n) is 8.94. The van der Waals surface area contributed by atoms with Gasteiger partial charge in [-0.15, -0.1) is 0 Å². The highest BCUT2D eigenvalue weighted by Crippen LogP contribution is 2.44. The fraction of sp³-hybridized carbons (Fsp3) is 0.455. The molecular weight excluding hydrogens is 206 g/mol. The Hall–Kier alpha value is -1.62. The smallest absolute Gasteiger partial charge is 0.272 e. The molecule has 1 aromatic heterocycles. The highest BCUT2D eigenvalue weighted by molar-refractivity contribution is 5.97. The van der Waals surface area contributed by atoms with Crippen LogP contribution in [0.3, 0.4) is 0 Å². The van der Waals surface area contributed by atoms with Crippen LogP contribution >= 0.6 is 0 Å². The molecule has 0 saturated heterocycles. The summed E-state index contributed by atoms with van der Waals surface area (Å²) in [6.07, 6.45) is 3.45.